The van der Waals surface area contributed by atoms with Crippen LogP contribution < -0.4 is 16.4 Å². The van der Waals surface area contributed by atoms with Crippen LogP contribution in [0.5, 0.6) is 0 Å². The van der Waals surface area contributed by atoms with Crippen LogP contribution in [0.1, 0.15) is 40.7 Å². The van der Waals surface area contributed by atoms with Gasteiger partial charge in [-0.05, 0) is 36.2 Å². The highest BCUT2D eigenvalue weighted by Crippen LogP contribution is 2.30. The minimum absolute atomic E-state index is 0.0200. The lowest BCUT2D eigenvalue weighted by molar-refractivity contribution is -0.142. The van der Waals surface area contributed by atoms with Crippen molar-refractivity contribution in [2.45, 2.75) is 44.3 Å². The maximum atomic E-state index is 13.6. The predicted octanol–water partition coefficient (Wildman–Crippen LogP) is 4.38. The molecule has 0 radical (unpaired) electrons. The minimum Gasteiger partial charge on any atom is -0.342 e. The van der Waals surface area contributed by atoms with Gasteiger partial charge >= 0.3 is 0 Å². The van der Waals surface area contributed by atoms with E-state index in [4.69, 9.17) is 28.9 Å². The van der Waals surface area contributed by atoms with Crippen LogP contribution in [-0.4, -0.2) is 47.0 Å². The number of nitrogens with one attached hydrogen (secondary N) is 2. The average molecular weight is 582 g/mol. The highest BCUT2D eigenvalue weighted by Gasteiger charge is 2.36. The number of ketones is 1. The van der Waals surface area contributed by atoms with Crippen molar-refractivity contribution in [3.05, 3.63) is 99.5 Å². The number of hydrogen-bond acceptors (Lipinski definition) is 5. The number of anilines is 1. The molecule has 2 atom stereocenters. The lowest BCUT2D eigenvalue weighted by Gasteiger charge is -2.36. The Bertz CT molecular complexity index is 1380. The number of para-hydroxylation sites is 1. The lowest BCUT2D eigenvalue weighted by Crippen LogP contribution is -2.56. The molecular formula is C30H30Cl2N4O4. The molecule has 1 heterocycles. The van der Waals surface area contributed by atoms with Crippen LogP contribution in [0.4, 0.5) is 5.69 Å². The molecule has 0 fully saturated rings. The molecule has 3 aromatic carbocycles. The maximum Gasteiger partial charge on any atom is 0.247 e. The Morgan fingerprint density at radius 2 is 1.52 bits per heavy atom. The summed E-state index contributed by atoms with van der Waals surface area (Å²) in [6, 6.07) is 19.3. The number of fused-ring (bicyclic) bond motifs is 1. The highest BCUT2D eigenvalue weighted by molar-refractivity contribution is 6.39. The van der Waals surface area contributed by atoms with Gasteiger partial charge in [-0.1, -0.05) is 83.9 Å². The third kappa shape index (κ3) is 7.07. The smallest absolute Gasteiger partial charge is 0.247 e. The fourth-order valence-corrected chi connectivity index (χ4v) is 5.17. The van der Waals surface area contributed by atoms with Crippen molar-refractivity contribution in [1.82, 2.24) is 10.2 Å². The van der Waals surface area contributed by atoms with Gasteiger partial charge in [-0.3, -0.25) is 19.2 Å². The number of rotatable bonds is 10. The monoisotopic (exact) mass is 580 g/mol. The molecule has 208 valence electrons. The first kappa shape index (κ1) is 29.3. The number of benzene rings is 3. The van der Waals surface area contributed by atoms with E-state index in [9.17, 15) is 19.2 Å². The molecule has 3 aromatic rings. The first-order valence-corrected chi connectivity index (χ1v) is 13.7. The number of Topliss-reactive ketones (excluding diaryl/α,β-unsaturated/α-hetero) is 1. The zero-order valence-electron chi connectivity index (χ0n) is 21.7. The summed E-state index contributed by atoms with van der Waals surface area (Å²) in [5, 5.41) is 5.96. The Labute approximate surface area is 242 Å². The van der Waals surface area contributed by atoms with Crippen LogP contribution in [0.15, 0.2) is 72.8 Å². The third-order valence-electron chi connectivity index (χ3n) is 6.83. The van der Waals surface area contributed by atoms with Crippen molar-refractivity contribution in [3.8, 4) is 0 Å². The van der Waals surface area contributed by atoms with Crippen molar-refractivity contribution in [1.29, 1.82) is 0 Å². The Morgan fingerprint density at radius 3 is 2.20 bits per heavy atom. The number of nitrogens with zero attached hydrogens (tertiary/aromatic N) is 1. The second-order valence-corrected chi connectivity index (χ2v) is 10.3. The predicted molar refractivity (Wildman–Crippen MR) is 155 cm³/mol. The third-order valence-corrected chi connectivity index (χ3v) is 7.46. The Balaban J connectivity index is 1.50. The standard InChI is InChI=1S/C30H30Cl2N4O4/c31-22-11-6-12-23(32)28(22)35-29(39)24(15-16-33)34-30(40)25-17-20-9-4-5-10-21(20)18-36(25)27(38)14-13-26(37)19-7-2-1-3-8-19/h1-12,24-25H,13-18,33H2,(H,34,40)(H,35,39)/t24-,25-/m0/s1. The van der Waals surface area contributed by atoms with E-state index in [-0.39, 0.29) is 66.2 Å². The molecule has 1 aliphatic heterocycles. The maximum absolute atomic E-state index is 13.6. The van der Waals surface area contributed by atoms with Crippen LogP contribution in [0.3, 0.4) is 0 Å². The van der Waals surface area contributed by atoms with E-state index in [0.717, 1.165) is 11.1 Å². The zero-order valence-corrected chi connectivity index (χ0v) is 23.3. The second kappa shape index (κ2) is 13.6. The molecule has 0 aliphatic carbocycles. The van der Waals surface area contributed by atoms with E-state index in [1.54, 1.807) is 42.5 Å². The number of carbonyl (C=O) groups is 4. The molecule has 0 saturated heterocycles. The van der Waals surface area contributed by atoms with Crippen molar-refractivity contribution in [3.63, 3.8) is 0 Å². The van der Waals surface area contributed by atoms with Crippen LogP contribution >= 0.6 is 23.2 Å². The number of hydrogen-bond donors (Lipinski definition) is 3. The van der Waals surface area contributed by atoms with Crippen LogP contribution in [0.25, 0.3) is 0 Å². The number of carbonyl (C=O) groups excluding carboxylic acids is 4. The van der Waals surface area contributed by atoms with Crippen LogP contribution in [0, 0.1) is 0 Å². The molecule has 3 amide bonds. The molecule has 4 N–H and O–H groups in total. The minimum atomic E-state index is -0.987. The second-order valence-electron chi connectivity index (χ2n) is 9.52. The fourth-order valence-electron chi connectivity index (χ4n) is 4.68. The molecule has 0 saturated carbocycles. The molecule has 40 heavy (non-hydrogen) atoms. The zero-order chi connectivity index (χ0) is 28.6. The van der Waals surface area contributed by atoms with Crippen molar-refractivity contribution >= 4 is 52.4 Å². The average Bonchev–Trinajstić information content (AvgIpc) is 2.97. The molecule has 4 rings (SSSR count). The Kier molecular flexibility index (Phi) is 9.93. The summed E-state index contributed by atoms with van der Waals surface area (Å²) < 4.78 is 0. The van der Waals surface area contributed by atoms with Crippen LogP contribution in [0.2, 0.25) is 10.0 Å². The van der Waals surface area contributed by atoms with Gasteiger partial charge in [0.25, 0.3) is 0 Å². The van der Waals surface area contributed by atoms with E-state index in [0.29, 0.717) is 5.56 Å². The Morgan fingerprint density at radius 1 is 0.875 bits per heavy atom. The number of nitrogens with two attached hydrogens (primary N) is 1. The van der Waals surface area contributed by atoms with E-state index < -0.39 is 23.9 Å². The summed E-state index contributed by atoms with van der Waals surface area (Å²) in [6.45, 7) is 0.349. The topological polar surface area (TPSA) is 122 Å². The fraction of sp³-hybridized carbons (Fsp3) is 0.267. The van der Waals surface area contributed by atoms with Gasteiger partial charge in [0.1, 0.15) is 12.1 Å². The number of halogens is 2. The summed E-state index contributed by atoms with van der Waals surface area (Å²) in [5.41, 5.74) is 8.38. The molecule has 1 aliphatic rings. The largest absolute Gasteiger partial charge is 0.342 e. The van der Waals surface area contributed by atoms with Crippen molar-refractivity contribution in [2.75, 3.05) is 11.9 Å². The number of amides is 3. The van der Waals surface area contributed by atoms with Gasteiger partial charge in [0.2, 0.25) is 17.7 Å². The van der Waals surface area contributed by atoms with Gasteiger partial charge in [0, 0.05) is 31.4 Å². The molecule has 0 unspecified atom stereocenters. The van der Waals surface area contributed by atoms with Crippen molar-refractivity contribution < 1.29 is 19.2 Å². The van der Waals surface area contributed by atoms with E-state index in [1.807, 2.05) is 30.3 Å². The molecule has 8 nitrogen and oxygen atoms in total. The molecule has 10 heteroatoms. The summed E-state index contributed by atoms with van der Waals surface area (Å²) in [7, 11) is 0. The molecule has 0 spiro atoms. The highest BCUT2D eigenvalue weighted by atomic mass is 35.5. The summed E-state index contributed by atoms with van der Waals surface area (Å²) in [4.78, 5) is 54.2. The van der Waals surface area contributed by atoms with Gasteiger partial charge in [-0.25, -0.2) is 0 Å². The summed E-state index contributed by atoms with van der Waals surface area (Å²) >= 11 is 12.4. The first-order chi connectivity index (χ1) is 19.3. The molecular weight excluding hydrogens is 551 g/mol. The Hall–Kier alpha value is -3.72. The first-order valence-electron chi connectivity index (χ1n) is 13.0. The van der Waals surface area contributed by atoms with E-state index >= 15 is 0 Å². The van der Waals surface area contributed by atoms with Gasteiger partial charge < -0.3 is 21.3 Å². The van der Waals surface area contributed by atoms with Gasteiger partial charge in [-0.15, -0.1) is 0 Å². The molecule has 0 aromatic heterocycles. The summed E-state index contributed by atoms with van der Waals surface area (Å²) in [5.74, 6) is -1.49. The normalized spacial score (nSPS) is 15.1. The lowest BCUT2D eigenvalue weighted by atomic mass is 9.92. The van der Waals surface area contributed by atoms with Gasteiger partial charge in [0.05, 0.1) is 15.7 Å². The molecule has 0 bridgehead atoms. The van der Waals surface area contributed by atoms with Gasteiger partial charge in [0.15, 0.2) is 5.78 Å². The van der Waals surface area contributed by atoms with Crippen LogP contribution in [-0.2, 0) is 27.3 Å². The van der Waals surface area contributed by atoms with E-state index in [2.05, 4.69) is 10.6 Å². The SMILES string of the molecule is NCC[C@H](NC(=O)[C@@H]1Cc2ccccc2CN1C(=O)CCC(=O)c1ccccc1)C(=O)Nc1c(Cl)cccc1Cl. The quantitative estimate of drug-likeness (QED) is 0.307. The van der Waals surface area contributed by atoms with Crippen molar-refractivity contribution in [2.24, 2.45) is 5.73 Å². The van der Waals surface area contributed by atoms with E-state index in [1.165, 1.54) is 4.90 Å². The summed E-state index contributed by atoms with van der Waals surface area (Å²) in [6.07, 6.45) is 0.402. The van der Waals surface area contributed by atoms with Gasteiger partial charge in [-0.2, -0.15) is 0 Å².